The zero-order valence-electron chi connectivity index (χ0n) is 18.3. The number of carbonyl (C=O) groups is 1. The number of nitrogens with one attached hydrogen (secondary N) is 1. The molecule has 5 rings (SSSR count). The molecule has 3 aromatic rings. The molecule has 2 aliphatic heterocycles. The fraction of sp³-hybridized carbons (Fsp3) is 0.375. The summed E-state index contributed by atoms with van der Waals surface area (Å²) in [6.07, 6.45) is 2.42. The fourth-order valence-corrected chi connectivity index (χ4v) is 5.28. The van der Waals surface area contributed by atoms with Crippen LogP contribution >= 0.6 is 11.3 Å². The Hall–Kier alpha value is -2.81. The minimum atomic E-state index is -0.233. The van der Waals surface area contributed by atoms with Gasteiger partial charge in [0.05, 0.1) is 12.3 Å². The van der Waals surface area contributed by atoms with Gasteiger partial charge in [-0.2, -0.15) is 0 Å². The molecule has 1 amide bonds. The van der Waals surface area contributed by atoms with Gasteiger partial charge in [-0.1, -0.05) is 13.0 Å². The maximum absolute atomic E-state index is 12.8. The molecule has 1 aromatic carbocycles. The van der Waals surface area contributed by atoms with E-state index in [2.05, 4.69) is 47.3 Å². The summed E-state index contributed by atoms with van der Waals surface area (Å²) >= 11 is 1.63. The summed E-state index contributed by atoms with van der Waals surface area (Å²) in [5.41, 5.74) is 2.24. The van der Waals surface area contributed by atoms with Crippen molar-refractivity contribution in [2.75, 3.05) is 45.3 Å². The van der Waals surface area contributed by atoms with E-state index in [9.17, 15) is 4.79 Å². The van der Waals surface area contributed by atoms with Crippen LogP contribution in [-0.4, -0.2) is 55.7 Å². The number of nitrogens with zero attached hydrogens (tertiary/aromatic N) is 2. The first-order valence-corrected chi connectivity index (χ1v) is 11.7. The number of hydrogen-bond acceptors (Lipinski definition) is 7. The highest BCUT2D eigenvalue weighted by molar-refractivity contribution is 7.16. The van der Waals surface area contributed by atoms with E-state index < -0.39 is 0 Å². The van der Waals surface area contributed by atoms with E-state index in [0.717, 1.165) is 60.2 Å². The van der Waals surface area contributed by atoms with Gasteiger partial charge in [0.1, 0.15) is 5.00 Å². The Bertz CT molecular complexity index is 1090. The van der Waals surface area contributed by atoms with Crippen molar-refractivity contribution in [1.29, 1.82) is 0 Å². The predicted octanol–water partition coefficient (Wildman–Crippen LogP) is 4.22. The Morgan fingerprint density at radius 2 is 1.94 bits per heavy atom. The number of amides is 1. The number of benzene rings is 1. The third-order valence-corrected chi connectivity index (χ3v) is 7.25. The average molecular weight is 454 g/mol. The lowest BCUT2D eigenvalue weighted by Gasteiger charge is -2.38. The Morgan fingerprint density at radius 1 is 1.12 bits per heavy atom. The van der Waals surface area contributed by atoms with Crippen LogP contribution in [0.3, 0.4) is 0 Å². The first-order valence-electron chi connectivity index (χ1n) is 10.9. The average Bonchev–Trinajstić information content (AvgIpc) is 3.56. The Balaban J connectivity index is 1.55. The van der Waals surface area contributed by atoms with E-state index in [1.807, 2.05) is 6.07 Å². The highest BCUT2D eigenvalue weighted by Crippen LogP contribution is 2.43. The monoisotopic (exact) mass is 453 g/mol. The Kier molecular flexibility index (Phi) is 5.91. The van der Waals surface area contributed by atoms with Gasteiger partial charge in [0, 0.05) is 36.6 Å². The van der Waals surface area contributed by atoms with E-state index in [1.165, 1.54) is 11.1 Å². The molecule has 7 nitrogen and oxygen atoms in total. The molecule has 1 fully saturated rings. The van der Waals surface area contributed by atoms with Crippen molar-refractivity contribution in [3.8, 4) is 11.5 Å². The van der Waals surface area contributed by atoms with Gasteiger partial charge in [0.15, 0.2) is 17.3 Å². The second kappa shape index (κ2) is 8.97. The SMILES string of the molecule is CCc1cc([C@@H](c2ccc3c(c2)OCO3)N2CCN(C)CC2)c(NC(=O)c2ccco2)s1. The van der Waals surface area contributed by atoms with Crippen molar-refractivity contribution < 1.29 is 18.7 Å². The summed E-state index contributed by atoms with van der Waals surface area (Å²) in [7, 11) is 2.15. The summed E-state index contributed by atoms with van der Waals surface area (Å²) in [4.78, 5) is 18.9. The van der Waals surface area contributed by atoms with Crippen molar-refractivity contribution in [3.63, 3.8) is 0 Å². The van der Waals surface area contributed by atoms with Gasteiger partial charge in [-0.15, -0.1) is 11.3 Å². The Labute approximate surface area is 191 Å². The minimum absolute atomic E-state index is 0.00153. The van der Waals surface area contributed by atoms with Crippen LogP contribution in [0.25, 0.3) is 0 Å². The van der Waals surface area contributed by atoms with Crippen molar-refractivity contribution in [2.24, 2.45) is 0 Å². The largest absolute Gasteiger partial charge is 0.459 e. The summed E-state index contributed by atoms with van der Waals surface area (Å²) in [6.45, 7) is 6.27. The highest BCUT2D eigenvalue weighted by atomic mass is 32.1. The molecule has 2 aliphatic rings. The van der Waals surface area contributed by atoms with Crippen LogP contribution in [0.1, 0.15) is 39.5 Å². The molecule has 0 unspecified atom stereocenters. The summed E-state index contributed by atoms with van der Waals surface area (Å²) in [5, 5.41) is 3.98. The number of fused-ring (bicyclic) bond motifs is 1. The van der Waals surface area contributed by atoms with E-state index in [-0.39, 0.29) is 18.7 Å². The molecular weight excluding hydrogens is 426 g/mol. The standard InChI is InChI=1S/C24H27N3O4S/c1-3-17-14-18(24(32-17)25-23(28)20-5-4-12-29-20)22(27-10-8-26(2)9-11-27)16-6-7-19-21(13-16)31-15-30-19/h4-7,12-14,22H,3,8-11,15H2,1-2H3,(H,25,28)/t22-/m1/s1. The third kappa shape index (κ3) is 4.13. The third-order valence-electron chi connectivity index (χ3n) is 6.04. The maximum atomic E-state index is 12.8. The zero-order valence-corrected chi connectivity index (χ0v) is 19.1. The lowest BCUT2D eigenvalue weighted by Crippen LogP contribution is -2.46. The molecule has 1 atom stereocenters. The van der Waals surface area contributed by atoms with Gasteiger partial charge in [-0.3, -0.25) is 9.69 Å². The van der Waals surface area contributed by atoms with Crippen LogP contribution in [0.4, 0.5) is 5.00 Å². The lowest BCUT2D eigenvalue weighted by atomic mass is 9.96. The second-order valence-electron chi connectivity index (χ2n) is 8.14. The number of aryl methyl sites for hydroxylation is 1. The summed E-state index contributed by atoms with van der Waals surface area (Å²) in [6, 6.07) is 11.8. The number of likely N-dealkylation sites (N-methyl/N-ethyl adjacent to an activating group) is 1. The number of hydrogen-bond donors (Lipinski definition) is 1. The van der Waals surface area contributed by atoms with E-state index >= 15 is 0 Å². The smallest absolute Gasteiger partial charge is 0.291 e. The van der Waals surface area contributed by atoms with Crippen LogP contribution in [0.2, 0.25) is 0 Å². The van der Waals surface area contributed by atoms with Gasteiger partial charge in [0.25, 0.3) is 5.91 Å². The molecule has 168 valence electrons. The van der Waals surface area contributed by atoms with Gasteiger partial charge in [-0.05, 0) is 49.4 Å². The number of anilines is 1. The summed E-state index contributed by atoms with van der Waals surface area (Å²) < 4.78 is 16.5. The molecule has 1 N–H and O–H groups in total. The molecular formula is C24H27N3O4S. The topological polar surface area (TPSA) is 67.2 Å². The molecule has 0 bridgehead atoms. The van der Waals surface area contributed by atoms with Gasteiger partial charge >= 0.3 is 0 Å². The molecule has 2 aromatic heterocycles. The van der Waals surface area contributed by atoms with E-state index in [1.54, 1.807) is 23.5 Å². The molecule has 0 spiro atoms. The van der Waals surface area contributed by atoms with Gasteiger partial charge < -0.3 is 24.1 Å². The fourth-order valence-electron chi connectivity index (χ4n) is 4.26. The van der Waals surface area contributed by atoms with E-state index in [4.69, 9.17) is 13.9 Å². The molecule has 0 saturated carbocycles. The molecule has 1 saturated heterocycles. The number of carbonyl (C=O) groups excluding carboxylic acids is 1. The lowest BCUT2D eigenvalue weighted by molar-refractivity contribution is 0.0996. The molecule has 0 radical (unpaired) electrons. The molecule has 8 heteroatoms. The van der Waals surface area contributed by atoms with Crippen LogP contribution in [-0.2, 0) is 6.42 Å². The number of thiophene rings is 1. The number of ether oxygens (including phenoxy) is 2. The second-order valence-corrected chi connectivity index (χ2v) is 9.27. The van der Waals surface area contributed by atoms with Crippen molar-refractivity contribution in [2.45, 2.75) is 19.4 Å². The molecule has 0 aliphatic carbocycles. The number of rotatable bonds is 6. The molecule has 4 heterocycles. The molecule has 32 heavy (non-hydrogen) atoms. The van der Waals surface area contributed by atoms with Crippen LogP contribution < -0.4 is 14.8 Å². The zero-order chi connectivity index (χ0) is 22.1. The van der Waals surface area contributed by atoms with Crippen molar-refractivity contribution in [1.82, 2.24) is 9.80 Å². The maximum Gasteiger partial charge on any atom is 0.291 e. The predicted molar refractivity (Wildman–Crippen MR) is 124 cm³/mol. The number of furan rings is 1. The first kappa shape index (κ1) is 21.1. The van der Waals surface area contributed by atoms with Gasteiger partial charge in [0.2, 0.25) is 6.79 Å². The first-order chi connectivity index (χ1) is 15.6. The highest BCUT2D eigenvalue weighted by Gasteiger charge is 2.31. The van der Waals surface area contributed by atoms with Crippen molar-refractivity contribution in [3.05, 3.63) is 64.4 Å². The quantitative estimate of drug-likeness (QED) is 0.603. The van der Waals surface area contributed by atoms with Crippen LogP contribution in [0.5, 0.6) is 11.5 Å². The van der Waals surface area contributed by atoms with Crippen molar-refractivity contribution >= 4 is 22.2 Å². The normalized spacial score (nSPS) is 17.4. The Morgan fingerprint density at radius 3 is 2.69 bits per heavy atom. The minimum Gasteiger partial charge on any atom is -0.459 e. The van der Waals surface area contributed by atoms with E-state index in [0.29, 0.717) is 5.76 Å². The number of piperazine rings is 1. The van der Waals surface area contributed by atoms with Gasteiger partial charge in [-0.25, -0.2) is 0 Å². The van der Waals surface area contributed by atoms with Crippen LogP contribution in [0.15, 0.2) is 47.1 Å². The summed E-state index contributed by atoms with van der Waals surface area (Å²) in [5.74, 6) is 1.62. The van der Waals surface area contributed by atoms with Crippen LogP contribution in [0, 0.1) is 0 Å².